The van der Waals surface area contributed by atoms with E-state index in [1.54, 1.807) is 4.90 Å². The van der Waals surface area contributed by atoms with Crippen LogP contribution in [0.25, 0.3) is 0 Å². The molecule has 22 heavy (non-hydrogen) atoms. The van der Waals surface area contributed by atoms with Crippen molar-refractivity contribution in [2.75, 3.05) is 25.1 Å². The first-order valence-electron chi connectivity index (χ1n) is 8.89. The minimum atomic E-state index is -2.84. The molecular formula is C17H29NO3S. The van der Waals surface area contributed by atoms with Gasteiger partial charge in [0.2, 0.25) is 5.91 Å². The highest BCUT2D eigenvalue weighted by Gasteiger charge is 2.38. The molecule has 3 fully saturated rings. The molecule has 0 unspecified atom stereocenters. The van der Waals surface area contributed by atoms with Gasteiger partial charge in [0.25, 0.3) is 0 Å². The van der Waals surface area contributed by atoms with E-state index in [4.69, 9.17) is 0 Å². The van der Waals surface area contributed by atoms with Crippen molar-refractivity contribution in [1.82, 2.24) is 4.90 Å². The summed E-state index contributed by atoms with van der Waals surface area (Å²) < 4.78 is 23.1. The van der Waals surface area contributed by atoms with E-state index in [0.29, 0.717) is 31.1 Å². The van der Waals surface area contributed by atoms with Crippen LogP contribution in [0.15, 0.2) is 0 Å². The molecule has 1 saturated heterocycles. The fourth-order valence-electron chi connectivity index (χ4n) is 4.32. The molecule has 1 atom stereocenters. The predicted octanol–water partition coefficient (Wildman–Crippen LogP) is 2.49. The van der Waals surface area contributed by atoms with E-state index in [2.05, 4.69) is 0 Å². The molecule has 0 aromatic carbocycles. The number of nitrogens with zero attached hydrogens (tertiary/aromatic N) is 1. The van der Waals surface area contributed by atoms with Gasteiger partial charge in [-0.1, -0.05) is 38.5 Å². The summed E-state index contributed by atoms with van der Waals surface area (Å²) in [6.45, 7) is 0.611. The lowest BCUT2D eigenvalue weighted by molar-refractivity contribution is -0.133. The van der Waals surface area contributed by atoms with Crippen LogP contribution in [0.5, 0.6) is 0 Å². The number of rotatable bonds is 6. The lowest BCUT2D eigenvalue weighted by atomic mass is 9.63. The summed E-state index contributed by atoms with van der Waals surface area (Å²) in [6, 6.07) is 0. The summed E-state index contributed by atoms with van der Waals surface area (Å²) in [5.41, 5.74) is 0. The Morgan fingerprint density at radius 2 is 1.68 bits per heavy atom. The van der Waals surface area contributed by atoms with Crippen molar-refractivity contribution in [1.29, 1.82) is 0 Å². The third kappa shape index (κ3) is 3.66. The van der Waals surface area contributed by atoms with Crippen LogP contribution in [-0.4, -0.2) is 44.3 Å². The maximum Gasteiger partial charge on any atom is 0.222 e. The molecular weight excluding hydrogens is 298 g/mol. The lowest BCUT2D eigenvalue weighted by Crippen LogP contribution is -2.39. The number of hydrogen-bond acceptors (Lipinski definition) is 3. The minimum absolute atomic E-state index is 0.143. The second kappa shape index (κ2) is 6.50. The molecule has 126 valence electrons. The molecule has 0 aromatic heterocycles. The summed E-state index contributed by atoms with van der Waals surface area (Å²) in [6.07, 6.45) is 9.28. The van der Waals surface area contributed by atoms with E-state index >= 15 is 0 Å². The van der Waals surface area contributed by atoms with Crippen molar-refractivity contribution in [2.45, 2.75) is 51.4 Å². The monoisotopic (exact) mass is 327 g/mol. The lowest BCUT2D eigenvalue weighted by Gasteiger charge is -2.43. The van der Waals surface area contributed by atoms with Crippen LogP contribution in [0, 0.1) is 23.7 Å². The van der Waals surface area contributed by atoms with Gasteiger partial charge in [-0.3, -0.25) is 4.79 Å². The van der Waals surface area contributed by atoms with E-state index in [1.807, 2.05) is 7.05 Å². The largest absolute Gasteiger partial charge is 0.345 e. The van der Waals surface area contributed by atoms with Gasteiger partial charge in [0.15, 0.2) is 9.84 Å². The first-order chi connectivity index (χ1) is 10.4. The zero-order valence-electron chi connectivity index (χ0n) is 13.7. The molecule has 4 nitrogen and oxygen atoms in total. The van der Waals surface area contributed by atoms with Gasteiger partial charge in [-0.2, -0.15) is 0 Å². The average Bonchev–Trinajstić information content (AvgIpc) is 2.63. The average molecular weight is 327 g/mol. The Balaban J connectivity index is 1.51. The molecule has 1 aliphatic heterocycles. The number of hydrogen-bond donors (Lipinski definition) is 0. The molecule has 1 amide bonds. The number of amides is 1. The van der Waals surface area contributed by atoms with Crippen LogP contribution >= 0.6 is 0 Å². The maximum atomic E-state index is 12.6. The topological polar surface area (TPSA) is 54.5 Å². The molecule has 0 N–H and O–H groups in total. The molecule has 3 rings (SSSR count). The summed E-state index contributed by atoms with van der Waals surface area (Å²) in [7, 11) is -0.991. The highest BCUT2D eigenvalue weighted by Crippen LogP contribution is 2.46. The van der Waals surface area contributed by atoms with Crippen molar-refractivity contribution < 1.29 is 13.2 Å². The Morgan fingerprint density at radius 3 is 2.09 bits per heavy atom. The van der Waals surface area contributed by atoms with E-state index in [1.165, 1.54) is 38.5 Å². The van der Waals surface area contributed by atoms with Gasteiger partial charge in [0.1, 0.15) is 0 Å². The Hall–Kier alpha value is -0.580. The van der Waals surface area contributed by atoms with Crippen molar-refractivity contribution >= 4 is 15.7 Å². The quantitative estimate of drug-likeness (QED) is 0.753. The normalized spacial score (nSPS) is 28.4. The first kappa shape index (κ1) is 16.3. The molecule has 0 radical (unpaired) electrons. The second-order valence-electron chi connectivity index (χ2n) is 7.79. The maximum absolute atomic E-state index is 12.6. The predicted molar refractivity (Wildman–Crippen MR) is 87.2 cm³/mol. The smallest absolute Gasteiger partial charge is 0.222 e. The SMILES string of the molecule is CN(C[C@H]1CCS(=O)(=O)C1)C(=O)CC(C1CCC1)C1CCC1. The second-order valence-corrected chi connectivity index (χ2v) is 10.0. The van der Waals surface area contributed by atoms with Crippen LogP contribution in [0.4, 0.5) is 0 Å². The Kier molecular flexibility index (Phi) is 4.81. The fraction of sp³-hybridized carbons (Fsp3) is 0.941. The standard InChI is InChI=1S/C17H29NO3S/c1-18(11-13-8-9-22(20,21)12-13)17(19)10-16(14-4-2-5-14)15-6-3-7-15/h13-16H,2-12H2,1H3/t13-/m1/s1. The Labute approximate surface area is 134 Å². The minimum Gasteiger partial charge on any atom is -0.345 e. The molecule has 0 aromatic rings. The van der Waals surface area contributed by atoms with Gasteiger partial charge in [0, 0.05) is 20.0 Å². The van der Waals surface area contributed by atoms with Crippen molar-refractivity contribution in [3.05, 3.63) is 0 Å². The van der Waals surface area contributed by atoms with E-state index in [9.17, 15) is 13.2 Å². The van der Waals surface area contributed by atoms with Gasteiger partial charge in [-0.25, -0.2) is 8.42 Å². The van der Waals surface area contributed by atoms with E-state index in [0.717, 1.165) is 11.8 Å². The summed E-state index contributed by atoms with van der Waals surface area (Å²) in [5.74, 6) is 3.07. The molecule has 2 saturated carbocycles. The molecule has 1 heterocycles. The first-order valence-corrected chi connectivity index (χ1v) is 10.7. The summed E-state index contributed by atoms with van der Waals surface area (Å²) in [5, 5.41) is 0. The van der Waals surface area contributed by atoms with Crippen LogP contribution in [-0.2, 0) is 14.6 Å². The highest BCUT2D eigenvalue weighted by molar-refractivity contribution is 7.91. The van der Waals surface area contributed by atoms with Crippen LogP contribution in [0.3, 0.4) is 0 Å². The van der Waals surface area contributed by atoms with Crippen LogP contribution < -0.4 is 0 Å². The van der Waals surface area contributed by atoms with Gasteiger partial charge in [-0.05, 0) is 30.1 Å². The zero-order valence-corrected chi connectivity index (χ0v) is 14.5. The van der Waals surface area contributed by atoms with Crippen molar-refractivity contribution in [3.63, 3.8) is 0 Å². The van der Waals surface area contributed by atoms with E-state index in [-0.39, 0.29) is 17.6 Å². The van der Waals surface area contributed by atoms with Crippen molar-refractivity contribution in [3.8, 4) is 0 Å². The molecule has 5 heteroatoms. The third-order valence-electron chi connectivity index (χ3n) is 6.21. The van der Waals surface area contributed by atoms with Crippen molar-refractivity contribution in [2.24, 2.45) is 23.7 Å². The van der Waals surface area contributed by atoms with Crippen LogP contribution in [0.1, 0.15) is 51.4 Å². The molecule has 0 spiro atoms. The van der Waals surface area contributed by atoms with Gasteiger partial charge in [-0.15, -0.1) is 0 Å². The third-order valence-corrected chi connectivity index (χ3v) is 8.04. The van der Waals surface area contributed by atoms with Gasteiger partial charge in [0.05, 0.1) is 11.5 Å². The van der Waals surface area contributed by atoms with Crippen LogP contribution in [0.2, 0.25) is 0 Å². The Morgan fingerprint density at radius 1 is 1.09 bits per heavy atom. The zero-order chi connectivity index (χ0) is 15.7. The van der Waals surface area contributed by atoms with Gasteiger partial charge >= 0.3 is 0 Å². The number of carbonyl (C=O) groups excluding carboxylic acids is 1. The van der Waals surface area contributed by atoms with E-state index < -0.39 is 9.84 Å². The Bertz CT molecular complexity index is 494. The fourth-order valence-corrected chi connectivity index (χ4v) is 6.17. The van der Waals surface area contributed by atoms with Gasteiger partial charge < -0.3 is 4.90 Å². The molecule has 3 aliphatic rings. The highest BCUT2D eigenvalue weighted by atomic mass is 32.2. The number of sulfone groups is 1. The number of carbonyl (C=O) groups is 1. The molecule has 0 bridgehead atoms. The summed E-state index contributed by atoms with van der Waals surface area (Å²) in [4.78, 5) is 14.4. The molecule has 2 aliphatic carbocycles. The summed E-state index contributed by atoms with van der Waals surface area (Å²) >= 11 is 0.